The van der Waals surface area contributed by atoms with Crippen molar-refractivity contribution in [1.82, 2.24) is 4.90 Å². The maximum atomic E-state index is 12.3. The monoisotopic (exact) mass is 366 g/mol. The van der Waals surface area contributed by atoms with E-state index < -0.39 is 27.6 Å². The SMILES string of the molecule is CCCCOC(=O)C1(CBr)CN2C(=O)C(N)[C@H]2S(=O)C1. The van der Waals surface area contributed by atoms with E-state index in [4.69, 9.17) is 10.5 Å². The van der Waals surface area contributed by atoms with Gasteiger partial charge in [-0.05, 0) is 6.42 Å². The molecule has 3 unspecified atom stereocenters. The third-order valence-electron chi connectivity index (χ3n) is 3.76. The Kier molecular flexibility index (Phi) is 4.86. The Morgan fingerprint density at radius 3 is 2.95 bits per heavy atom. The van der Waals surface area contributed by atoms with Crippen molar-refractivity contribution in [3.05, 3.63) is 0 Å². The molecule has 2 rings (SSSR count). The van der Waals surface area contributed by atoms with Crippen LogP contribution in [0.4, 0.5) is 0 Å². The van der Waals surface area contributed by atoms with E-state index in [1.165, 1.54) is 4.90 Å². The zero-order valence-corrected chi connectivity index (χ0v) is 13.7. The van der Waals surface area contributed by atoms with Gasteiger partial charge in [0.2, 0.25) is 5.91 Å². The molecule has 2 aliphatic heterocycles. The van der Waals surface area contributed by atoms with Crippen molar-refractivity contribution >= 4 is 38.6 Å². The number of nitrogens with zero attached hydrogens (tertiary/aromatic N) is 1. The first-order valence-corrected chi connectivity index (χ1v) is 9.13. The number of hydrogen-bond acceptors (Lipinski definition) is 5. The quantitative estimate of drug-likeness (QED) is 0.319. The smallest absolute Gasteiger partial charge is 0.315 e. The van der Waals surface area contributed by atoms with Gasteiger partial charge >= 0.3 is 5.97 Å². The molecule has 1 amide bonds. The lowest BCUT2D eigenvalue weighted by Crippen LogP contribution is -2.76. The topological polar surface area (TPSA) is 89.7 Å². The number of unbranched alkanes of at least 4 members (excludes halogenated alkanes) is 1. The highest BCUT2D eigenvalue weighted by atomic mass is 79.9. The van der Waals surface area contributed by atoms with Gasteiger partial charge in [-0.3, -0.25) is 13.8 Å². The first kappa shape index (κ1) is 15.9. The Labute approximate surface area is 129 Å². The molecule has 2 saturated heterocycles. The van der Waals surface area contributed by atoms with Crippen LogP contribution >= 0.6 is 15.9 Å². The molecule has 2 fully saturated rings. The summed E-state index contributed by atoms with van der Waals surface area (Å²) in [6.45, 7) is 2.59. The van der Waals surface area contributed by atoms with E-state index in [1.807, 2.05) is 6.92 Å². The van der Waals surface area contributed by atoms with Crippen LogP contribution in [0.2, 0.25) is 0 Å². The maximum absolute atomic E-state index is 12.3. The molecule has 6 nitrogen and oxygen atoms in total. The maximum Gasteiger partial charge on any atom is 0.315 e. The Balaban J connectivity index is 2.10. The first-order valence-electron chi connectivity index (χ1n) is 6.63. The molecular formula is C12H19BrN2O4S. The number of alkyl halides is 1. The van der Waals surface area contributed by atoms with Crippen molar-refractivity contribution in [2.45, 2.75) is 31.2 Å². The number of nitrogens with two attached hydrogens (primary N) is 1. The molecule has 0 saturated carbocycles. The molecule has 4 atom stereocenters. The average molecular weight is 367 g/mol. The molecule has 2 aliphatic rings. The number of hydrogen-bond donors (Lipinski definition) is 1. The zero-order chi connectivity index (χ0) is 14.9. The molecule has 2 heterocycles. The van der Waals surface area contributed by atoms with Crippen LogP contribution in [-0.4, -0.2) is 56.6 Å². The van der Waals surface area contributed by atoms with Gasteiger partial charge < -0.3 is 15.4 Å². The molecule has 0 aromatic carbocycles. The minimum atomic E-state index is -1.33. The Bertz CT molecular complexity index is 447. The fourth-order valence-electron chi connectivity index (χ4n) is 2.47. The van der Waals surface area contributed by atoms with Gasteiger partial charge in [0.15, 0.2) is 0 Å². The summed E-state index contributed by atoms with van der Waals surface area (Å²) in [5, 5.41) is -0.124. The summed E-state index contributed by atoms with van der Waals surface area (Å²) in [5.41, 5.74) is 4.73. The summed E-state index contributed by atoms with van der Waals surface area (Å²) in [4.78, 5) is 25.5. The Morgan fingerprint density at radius 1 is 1.65 bits per heavy atom. The van der Waals surface area contributed by atoms with Crippen LogP contribution in [0.5, 0.6) is 0 Å². The number of halogens is 1. The number of carbonyl (C=O) groups is 2. The predicted molar refractivity (Wildman–Crippen MR) is 78.6 cm³/mol. The molecular weight excluding hydrogens is 348 g/mol. The normalized spacial score (nSPS) is 36.2. The van der Waals surface area contributed by atoms with Crippen LogP contribution in [0, 0.1) is 5.41 Å². The molecule has 114 valence electrons. The Morgan fingerprint density at radius 2 is 2.35 bits per heavy atom. The largest absolute Gasteiger partial charge is 0.465 e. The van der Waals surface area contributed by atoms with Crippen molar-refractivity contribution in [2.75, 3.05) is 24.2 Å². The van der Waals surface area contributed by atoms with E-state index in [0.717, 1.165) is 12.8 Å². The zero-order valence-electron chi connectivity index (χ0n) is 11.3. The van der Waals surface area contributed by atoms with E-state index in [0.29, 0.717) is 11.9 Å². The summed E-state index contributed by atoms with van der Waals surface area (Å²) in [5.74, 6) is -0.441. The van der Waals surface area contributed by atoms with Crippen LogP contribution in [-0.2, 0) is 25.1 Å². The van der Waals surface area contributed by atoms with Crippen molar-refractivity contribution < 1.29 is 18.5 Å². The van der Waals surface area contributed by atoms with Crippen molar-refractivity contribution in [2.24, 2.45) is 11.1 Å². The molecule has 0 aromatic heterocycles. The average Bonchev–Trinajstić information content (AvgIpc) is 2.45. The Hall–Kier alpha value is -0.470. The third-order valence-corrected chi connectivity index (χ3v) is 6.76. The highest BCUT2D eigenvalue weighted by Gasteiger charge is 2.58. The first-order chi connectivity index (χ1) is 9.46. The van der Waals surface area contributed by atoms with Gasteiger partial charge in [-0.2, -0.15) is 0 Å². The molecule has 0 aliphatic carbocycles. The highest BCUT2D eigenvalue weighted by molar-refractivity contribution is 9.09. The summed E-state index contributed by atoms with van der Waals surface area (Å²) in [6, 6.07) is -0.694. The highest BCUT2D eigenvalue weighted by Crippen LogP contribution is 2.37. The molecule has 0 radical (unpaired) electrons. The summed E-state index contributed by atoms with van der Waals surface area (Å²) < 4.78 is 17.5. The van der Waals surface area contributed by atoms with E-state index in [2.05, 4.69) is 15.9 Å². The number of carbonyl (C=O) groups excluding carboxylic acids is 2. The molecule has 20 heavy (non-hydrogen) atoms. The number of fused-ring (bicyclic) bond motifs is 1. The minimum absolute atomic E-state index is 0.186. The van der Waals surface area contributed by atoms with Crippen molar-refractivity contribution in [3.8, 4) is 0 Å². The predicted octanol–water partition coefficient (Wildman–Crippen LogP) is -0.0311. The van der Waals surface area contributed by atoms with E-state index in [-0.39, 0.29) is 24.2 Å². The lowest BCUT2D eigenvalue weighted by molar-refractivity contribution is -0.160. The standard InChI is InChI=1S/C12H19BrN2O4S/c1-2-3-4-19-11(17)12(5-13)6-15-9(16)8(14)10(15)20(18)7-12/h8,10H,2-7,14H2,1H3/t8?,10-,12?,20?/m1/s1. The van der Waals surface area contributed by atoms with Gasteiger partial charge in [-0.1, -0.05) is 29.3 Å². The van der Waals surface area contributed by atoms with Crippen molar-refractivity contribution in [3.63, 3.8) is 0 Å². The van der Waals surface area contributed by atoms with E-state index in [9.17, 15) is 13.8 Å². The fraction of sp³-hybridized carbons (Fsp3) is 0.833. The van der Waals surface area contributed by atoms with Crippen LogP contribution < -0.4 is 5.73 Å². The second-order valence-corrected chi connectivity index (χ2v) is 7.40. The van der Waals surface area contributed by atoms with E-state index >= 15 is 0 Å². The summed E-state index contributed by atoms with van der Waals surface area (Å²) in [6.07, 6.45) is 1.73. The fourth-order valence-corrected chi connectivity index (χ4v) is 5.27. The van der Waals surface area contributed by atoms with Gasteiger partial charge in [0.05, 0.1) is 6.61 Å². The van der Waals surface area contributed by atoms with Gasteiger partial charge in [-0.15, -0.1) is 0 Å². The van der Waals surface area contributed by atoms with Gasteiger partial charge in [0.25, 0.3) is 0 Å². The number of ether oxygens (including phenoxy) is 1. The second-order valence-electron chi connectivity index (χ2n) is 5.31. The van der Waals surface area contributed by atoms with Crippen LogP contribution in [0.15, 0.2) is 0 Å². The number of amides is 1. The second kappa shape index (κ2) is 6.11. The molecule has 8 heteroatoms. The summed E-state index contributed by atoms with van der Waals surface area (Å²) in [7, 11) is -1.33. The van der Waals surface area contributed by atoms with Crippen LogP contribution in [0.3, 0.4) is 0 Å². The number of rotatable bonds is 5. The van der Waals surface area contributed by atoms with Gasteiger partial charge in [0.1, 0.15) is 16.8 Å². The van der Waals surface area contributed by atoms with Gasteiger partial charge in [0, 0.05) is 28.4 Å². The third kappa shape index (κ3) is 2.53. The van der Waals surface area contributed by atoms with Gasteiger partial charge in [-0.25, -0.2) is 0 Å². The molecule has 0 bridgehead atoms. The molecule has 0 aromatic rings. The summed E-state index contributed by atoms with van der Waals surface area (Å²) >= 11 is 3.31. The lowest BCUT2D eigenvalue weighted by Gasteiger charge is -2.52. The van der Waals surface area contributed by atoms with E-state index in [1.54, 1.807) is 0 Å². The lowest BCUT2D eigenvalue weighted by atomic mass is 9.89. The molecule has 0 spiro atoms. The van der Waals surface area contributed by atoms with Crippen molar-refractivity contribution in [1.29, 1.82) is 0 Å². The van der Waals surface area contributed by atoms with Crippen LogP contribution in [0.1, 0.15) is 19.8 Å². The number of β-lactam (4-membered cyclic amide) rings is 1. The number of esters is 1. The van der Waals surface area contributed by atoms with Crippen LogP contribution in [0.25, 0.3) is 0 Å². The minimum Gasteiger partial charge on any atom is -0.465 e. The molecule has 2 N–H and O–H groups in total.